The van der Waals surface area contributed by atoms with Gasteiger partial charge < -0.3 is 15.7 Å². The fourth-order valence-corrected chi connectivity index (χ4v) is 1.38. The summed E-state index contributed by atoms with van der Waals surface area (Å²) in [5.74, 6) is -0.951. The van der Waals surface area contributed by atoms with Gasteiger partial charge in [-0.1, -0.05) is 13.3 Å². The molecule has 0 aliphatic carbocycles. The number of nitrogens with zero attached hydrogens (tertiary/aromatic N) is 1. The number of nitrogens with two attached hydrogens (primary N) is 1. The van der Waals surface area contributed by atoms with Gasteiger partial charge in [0.25, 0.3) is 0 Å². The second-order valence-corrected chi connectivity index (χ2v) is 4.28. The van der Waals surface area contributed by atoms with Gasteiger partial charge in [-0.2, -0.15) is 0 Å². The molecule has 0 amide bonds. The molecule has 0 aliphatic rings. The van der Waals surface area contributed by atoms with Crippen molar-refractivity contribution in [1.82, 2.24) is 4.90 Å². The number of likely N-dealkylation sites (N-methyl/N-ethyl adjacent to an activating group) is 1. The number of aliphatic carboxylic acids is 1. The van der Waals surface area contributed by atoms with E-state index in [4.69, 9.17) is 10.8 Å². The average Bonchev–Trinajstić information content (AvgIpc) is 2.03. The summed E-state index contributed by atoms with van der Waals surface area (Å²) >= 11 is 0. The summed E-state index contributed by atoms with van der Waals surface area (Å²) in [6.45, 7) is 6.12. The third-order valence-corrected chi connectivity index (χ3v) is 2.53. The van der Waals surface area contributed by atoms with Crippen molar-refractivity contribution in [3.63, 3.8) is 0 Å². The molecule has 2 atom stereocenters. The third kappa shape index (κ3) is 4.07. The molecule has 0 saturated carbocycles. The summed E-state index contributed by atoms with van der Waals surface area (Å²) in [5.41, 5.74) is 4.50. The summed E-state index contributed by atoms with van der Waals surface area (Å²) in [6, 6.07) is 0.377. The van der Waals surface area contributed by atoms with Crippen LogP contribution in [0.2, 0.25) is 0 Å². The van der Waals surface area contributed by atoms with Crippen LogP contribution in [0.5, 0.6) is 0 Å². The summed E-state index contributed by atoms with van der Waals surface area (Å²) < 4.78 is 0. The molecular formula is C10H22N2O2. The molecule has 0 aliphatic heterocycles. The van der Waals surface area contributed by atoms with Crippen LogP contribution in [0.3, 0.4) is 0 Å². The quantitative estimate of drug-likeness (QED) is 0.672. The van der Waals surface area contributed by atoms with Crippen molar-refractivity contribution < 1.29 is 9.90 Å². The fourth-order valence-electron chi connectivity index (χ4n) is 1.38. The van der Waals surface area contributed by atoms with E-state index in [1.807, 2.05) is 11.9 Å². The summed E-state index contributed by atoms with van der Waals surface area (Å²) in [7, 11) is 1.91. The van der Waals surface area contributed by atoms with Crippen molar-refractivity contribution in [3.05, 3.63) is 0 Å². The van der Waals surface area contributed by atoms with Gasteiger partial charge in [-0.15, -0.1) is 0 Å². The Hall–Kier alpha value is -0.610. The lowest BCUT2D eigenvalue weighted by molar-refractivity contribution is -0.143. The second kappa shape index (κ2) is 5.32. The zero-order valence-corrected chi connectivity index (χ0v) is 9.58. The molecule has 14 heavy (non-hydrogen) atoms. The summed E-state index contributed by atoms with van der Waals surface area (Å²) in [6.07, 6.45) is 2.16. The molecule has 0 fully saturated rings. The minimum Gasteiger partial charge on any atom is -0.480 e. The second-order valence-electron chi connectivity index (χ2n) is 4.28. The molecule has 0 rings (SSSR count). The van der Waals surface area contributed by atoms with Gasteiger partial charge in [-0.3, -0.25) is 4.79 Å². The first-order valence-electron chi connectivity index (χ1n) is 5.03. The van der Waals surface area contributed by atoms with E-state index in [2.05, 4.69) is 13.8 Å². The minimum atomic E-state index is -1.16. The van der Waals surface area contributed by atoms with E-state index in [1.54, 1.807) is 6.92 Å². The van der Waals surface area contributed by atoms with Crippen LogP contribution in [0.1, 0.15) is 33.6 Å². The number of carboxylic acids is 1. The molecule has 2 unspecified atom stereocenters. The highest BCUT2D eigenvalue weighted by molar-refractivity contribution is 5.78. The number of carbonyl (C=O) groups is 1. The number of hydrogen-bond acceptors (Lipinski definition) is 3. The van der Waals surface area contributed by atoms with E-state index >= 15 is 0 Å². The van der Waals surface area contributed by atoms with E-state index < -0.39 is 11.5 Å². The molecule has 4 heteroatoms. The smallest absolute Gasteiger partial charge is 0.324 e. The molecule has 0 aromatic heterocycles. The Balaban J connectivity index is 4.16. The van der Waals surface area contributed by atoms with Gasteiger partial charge in [0.05, 0.1) is 0 Å². The number of hydrogen-bond donors (Lipinski definition) is 2. The van der Waals surface area contributed by atoms with Gasteiger partial charge in [0, 0.05) is 12.6 Å². The predicted octanol–water partition coefficient (Wildman–Crippen LogP) is 0.909. The molecule has 84 valence electrons. The van der Waals surface area contributed by atoms with Crippen LogP contribution in [0, 0.1) is 0 Å². The zero-order valence-electron chi connectivity index (χ0n) is 9.58. The molecular weight excluding hydrogens is 180 g/mol. The Morgan fingerprint density at radius 2 is 2.14 bits per heavy atom. The van der Waals surface area contributed by atoms with Crippen molar-refractivity contribution in [2.75, 3.05) is 13.6 Å². The Labute approximate surface area is 86.1 Å². The van der Waals surface area contributed by atoms with Crippen molar-refractivity contribution >= 4 is 5.97 Å². The third-order valence-electron chi connectivity index (χ3n) is 2.53. The first kappa shape index (κ1) is 13.4. The van der Waals surface area contributed by atoms with Crippen molar-refractivity contribution in [2.45, 2.75) is 45.2 Å². The fraction of sp³-hybridized carbons (Fsp3) is 0.900. The van der Waals surface area contributed by atoms with Gasteiger partial charge in [0.2, 0.25) is 0 Å². The van der Waals surface area contributed by atoms with E-state index in [-0.39, 0.29) is 0 Å². The van der Waals surface area contributed by atoms with Crippen molar-refractivity contribution in [1.29, 1.82) is 0 Å². The zero-order chi connectivity index (χ0) is 11.4. The maximum Gasteiger partial charge on any atom is 0.324 e. The lowest BCUT2D eigenvalue weighted by atomic mass is 10.0. The first-order valence-corrected chi connectivity index (χ1v) is 5.03. The molecule has 0 saturated heterocycles. The Kier molecular flexibility index (Phi) is 5.08. The Morgan fingerprint density at radius 1 is 1.64 bits per heavy atom. The monoisotopic (exact) mass is 202 g/mol. The number of rotatable bonds is 6. The largest absolute Gasteiger partial charge is 0.480 e. The Bertz CT molecular complexity index is 193. The highest BCUT2D eigenvalue weighted by Gasteiger charge is 2.30. The summed E-state index contributed by atoms with van der Waals surface area (Å²) in [4.78, 5) is 12.8. The van der Waals surface area contributed by atoms with E-state index in [9.17, 15) is 4.79 Å². The normalized spacial score (nSPS) is 17.9. The molecule has 3 N–H and O–H groups in total. The lowest BCUT2D eigenvalue weighted by Crippen LogP contribution is -2.54. The standard InChI is InChI=1S/C10H22N2O2/c1-5-6-8(2)12(4)7-10(3,11)9(13)14/h8H,5-7,11H2,1-4H3,(H,13,14). The van der Waals surface area contributed by atoms with E-state index in [1.165, 1.54) is 0 Å². The first-order chi connectivity index (χ1) is 6.31. The van der Waals surface area contributed by atoms with Crippen LogP contribution >= 0.6 is 0 Å². The predicted molar refractivity (Wildman–Crippen MR) is 57.2 cm³/mol. The van der Waals surface area contributed by atoms with Crippen LogP contribution in [-0.2, 0) is 4.79 Å². The van der Waals surface area contributed by atoms with Crippen molar-refractivity contribution in [3.8, 4) is 0 Å². The van der Waals surface area contributed by atoms with Crippen LogP contribution in [0.25, 0.3) is 0 Å². The molecule has 0 aromatic carbocycles. The van der Waals surface area contributed by atoms with Crippen LogP contribution in [0.15, 0.2) is 0 Å². The molecule has 0 bridgehead atoms. The molecule has 4 nitrogen and oxygen atoms in total. The molecule has 0 radical (unpaired) electrons. The molecule has 0 spiro atoms. The molecule has 0 heterocycles. The SMILES string of the molecule is CCCC(C)N(C)CC(C)(N)C(=O)O. The summed E-state index contributed by atoms with van der Waals surface area (Å²) in [5, 5.41) is 8.85. The topological polar surface area (TPSA) is 66.6 Å². The number of carboxylic acid groups (broad SMARTS) is 1. The van der Waals surface area contributed by atoms with Gasteiger partial charge in [-0.05, 0) is 27.3 Å². The van der Waals surface area contributed by atoms with E-state index in [0.717, 1.165) is 12.8 Å². The molecule has 0 aromatic rings. The maximum atomic E-state index is 10.8. The van der Waals surface area contributed by atoms with E-state index in [0.29, 0.717) is 12.6 Å². The van der Waals surface area contributed by atoms with Crippen molar-refractivity contribution in [2.24, 2.45) is 5.73 Å². The highest BCUT2D eigenvalue weighted by atomic mass is 16.4. The van der Waals surface area contributed by atoms with Gasteiger partial charge in [0.1, 0.15) is 5.54 Å². The Morgan fingerprint density at radius 3 is 2.50 bits per heavy atom. The van der Waals surface area contributed by atoms with Crippen LogP contribution < -0.4 is 5.73 Å². The highest BCUT2D eigenvalue weighted by Crippen LogP contribution is 2.08. The maximum absolute atomic E-state index is 10.8. The average molecular weight is 202 g/mol. The van der Waals surface area contributed by atoms with Crippen LogP contribution in [-0.4, -0.2) is 41.1 Å². The minimum absolute atomic E-state index is 0.377. The lowest BCUT2D eigenvalue weighted by Gasteiger charge is -2.30. The van der Waals surface area contributed by atoms with Gasteiger partial charge in [-0.25, -0.2) is 0 Å². The van der Waals surface area contributed by atoms with Gasteiger partial charge in [0.15, 0.2) is 0 Å². The van der Waals surface area contributed by atoms with Gasteiger partial charge >= 0.3 is 5.97 Å². The van der Waals surface area contributed by atoms with Crippen LogP contribution in [0.4, 0.5) is 0 Å².